The Morgan fingerprint density at radius 1 is 1.24 bits per heavy atom. The first kappa shape index (κ1) is 18.4. The van der Waals surface area contributed by atoms with Crippen molar-refractivity contribution in [3.8, 4) is 0 Å². The molecule has 2 aliphatic heterocycles. The second-order valence-corrected chi connectivity index (χ2v) is 7.89. The molecule has 2 fully saturated rings. The molecule has 0 bridgehead atoms. The Balaban J connectivity index is 1.83. The molecule has 1 aromatic rings. The lowest BCUT2D eigenvalue weighted by Crippen LogP contribution is -2.41. The van der Waals surface area contributed by atoms with Gasteiger partial charge in [0.1, 0.15) is 5.82 Å². The van der Waals surface area contributed by atoms with E-state index in [0.717, 1.165) is 6.42 Å². The first-order chi connectivity index (χ1) is 11.6. The number of rotatable bonds is 3. The van der Waals surface area contributed by atoms with Crippen LogP contribution in [0.5, 0.6) is 0 Å². The van der Waals surface area contributed by atoms with Gasteiger partial charge in [0.15, 0.2) is 0 Å². The molecule has 0 spiro atoms. The van der Waals surface area contributed by atoms with Crippen LogP contribution in [0.25, 0.3) is 0 Å². The fraction of sp³-hybridized carbons (Fsp3) is 0.611. The highest BCUT2D eigenvalue weighted by atomic mass is 19.1. The molecule has 0 aromatic heterocycles. The average Bonchev–Trinajstić information content (AvgIpc) is 3.08. The van der Waals surface area contributed by atoms with Crippen molar-refractivity contribution in [1.82, 2.24) is 10.2 Å². The molecule has 2 heterocycles. The molecular weight excluding hydrogens is 322 g/mol. The minimum atomic E-state index is -0.684. The third-order valence-corrected chi connectivity index (χ3v) is 5.58. The van der Waals surface area contributed by atoms with Crippen molar-refractivity contribution in [2.45, 2.75) is 51.4 Å². The second kappa shape index (κ2) is 6.38. The summed E-state index contributed by atoms with van der Waals surface area (Å²) in [5, 5.41) is 3.18. The van der Waals surface area contributed by atoms with Gasteiger partial charge in [-0.25, -0.2) is 4.39 Å². The van der Waals surface area contributed by atoms with E-state index in [-0.39, 0.29) is 5.91 Å². The summed E-state index contributed by atoms with van der Waals surface area (Å²) in [6, 6.07) is 4.63. The third-order valence-electron chi connectivity index (χ3n) is 5.58. The van der Waals surface area contributed by atoms with Crippen molar-refractivity contribution < 1.29 is 18.5 Å². The van der Waals surface area contributed by atoms with Crippen LogP contribution in [0.1, 0.15) is 44.5 Å². The molecule has 0 aliphatic carbocycles. The SMILES string of the molecule is CNC1CCN(C(=O)c2cc(F)cc(B3OC(C)(C)C(C)(C)O3)c2)C1. The van der Waals surface area contributed by atoms with Gasteiger partial charge in [-0.1, -0.05) is 0 Å². The maximum Gasteiger partial charge on any atom is 0.494 e. The maximum atomic E-state index is 14.2. The van der Waals surface area contributed by atoms with Crippen molar-refractivity contribution in [3.05, 3.63) is 29.6 Å². The summed E-state index contributed by atoms with van der Waals surface area (Å²) in [5.41, 5.74) is -0.153. The topological polar surface area (TPSA) is 50.8 Å². The van der Waals surface area contributed by atoms with Crippen LogP contribution in [-0.2, 0) is 9.31 Å². The van der Waals surface area contributed by atoms with Crippen molar-refractivity contribution in [3.63, 3.8) is 0 Å². The van der Waals surface area contributed by atoms with E-state index in [0.29, 0.717) is 30.2 Å². The van der Waals surface area contributed by atoms with Crippen LogP contribution < -0.4 is 10.8 Å². The van der Waals surface area contributed by atoms with Gasteiger partial charge in [0, 0.05) is 24.7 Å². The average molecular weight is 348 g/mol. The van der Waals surface area contributed by atoms with E-state index in [4.69, 9.17) is 9.31 Å². The normalized spacial score (nSPS) is 24.8. The minimum absolute atomic E-state index is 0.157. The van der Waals surface area contributed by atoms with Gasteiger partial charge in [-0.3, -0.25) is 4.79 Å². The van der Waals surface area contributed by atoms with E-state index in [1.807, 2.05) is 34.7 Å². The predicted molar refractivity (Wildman–Crippen MR) is 95.5 cm³/mol. The highest BCUT2D eigenvalue weighted by molar-refractivity contribution is 6.62. The Morgan fingerprint density at radius 2 is 1.88 bits per heavy atom. The molecule has 2 aliphatic rings. The van der Waals surface area contributed by atoms with Crippen molar-refractivity contribution in [2.75, 3.05) is 20.1 Å². The molecule has 1 N–H and O–H groups in total. The van der Waals surface area contributed by atoms with Crippen LogP contribution in [0.3, 0.4) is 0 Å². The fourth-order valence-electron chi connectivity index (χ4n) is 3.21. The Kier molecular flexibility index (Phi) is 4.68. The monoisotopic (exact) mass is 348 g/mol. The van der Waals surface area contributed by atoms with E-state index in [2.05, 4.69) is 5.32 Å². The molecule has 25 heavy (non-hydrogen) atoms. The number of nitrogens with one attached hydrogen (secondary N) is 1. The van der Waals surface area contributed by atoms with Gasteiger partial charge in [-0.15, -0.1) is 0 Å². The minimum Gasteiger partial charge on any atom is -0.399 e. The first-order valence-electron chi connectivity index (χ1n) is 8.75. The molecule has 1 atom stereocenters. The highest BCUT2D eigenvalue weighted by Crippen LogP contribution is 2.36. The Labute approximate surface area is 149 Å². The van der Waals surface area contributed by atoms with Gasteiger partial charge in [0.2, 0.25) is 0 Å². The number of carbonyl (C=O) groups is 1. The lowest BCUT2D eigenvalue weighted by molar-refractivity contribution is 0.00578. The molecule has 0 radical (unpaired) electrons. The largest absolute Gasteiger partial charge is 0.494 e. The number of likely N-dealkylation sites (tertiary alicyclic amines) is 1. The van der Waals surface area contributed by atoms with E-state index in [9.17, 15) is 9.18 Å². The fourth-order valence-corrected chi connectivity index (χ4v) is 3.21. The standard InChI is InChI=1S/C18H26BFN2O3/c1-17(2)18(3,4)25-19(24-17)13-8-12(9-14(20)10-13)16(23)22-7-6-15(11-22)21-5/h8-10,15,21H,6-7,11H2,1-5H3. The van der Waals surface area contributed by atoms with Crippen LogP contribution in [-0.4, -0.2) is 55.3 Å². The molecular formula is C18H26BFN2O3. The van der Waals surface area contributed by atoms with Crippen LogP contribution in [0, 0.1) is 5.82 Å². The van der Waals surface area contributed by atoms with E-state index >= 15 is 0 Å². The third kappa shape index (κ3) is 3.45. The van der Waals surface area contributed by atoms with Gasteiger partial charge >= 0.3 is 7.12 Å². The second-order valence-electron chi connectivity index (χ2n) is 7.89. The number of likely N-dealkylation sites (N-methyl/N-ethyl adjacent to an activating group) is 1. The summed E-state index contributed by atoms with van der Waals surface area (Å²) in [4.78, 5) is 14.5. The molecule has 5 nitrogen and oxygen atoms in total. The number of carbonyl (C=O) groups excluding carboxylic acids is 1. The molecule has 3 rings (SSSR count). The number of halogens is 1. The maximum absolute atomic E-state index is 14.2. The van der Waals surface area contributed by atoms with Crippen LogP contribution in [0.4, 0.5) is 4.39 Å². The first-order valence-corrected chi connectivity index (χ1v) is 8.75. The molecule has 0 saturated carbocycles. The lowest BCUT2D eigenvalue weighted by atomic mass is 9.78. The summed E-state index contributed by atoms with van der Waals surface area (Å²) in [7, 11) is 1.20. The smallest absolute Gasteiger partial charge is 0.399 e. The summed E-state index contributed by atoms with van der Waals surface area (Å²) >= 11 is 0. The number of amides is 1. The molecule has 1 aromatic carbocycles. The summed E-state index contributed by atoms with van der Waals surface area (Å²) in [6.45, 7) is 9.09. The number of benzene rings is 1. The quantitative estimate of drug-likeness (QED) is 0.843. The molecule has 7 heteroatoms. The van der Waals surface area contributed by atoms with E-state index in [1.54, 1.807) is 11.0 Å². The zero-order valence-corrected chi connectivity index (χ0v) is 15.6. The summed E-state index contributed by atoms with van der Waals surface area (Å²) in [5.74, 6) is -0.616. The van der Waals surface area contributed by atoms with Gasteiger partial charge < -0.3 is 19.5 Å². The highest BCUT2D eigenvalue weighted by Gasteiger charge is 2.51. The summed E-state index contributed by atoms with van der Waals surface area (Å²) < 4.78 is 26.1. The van der Waals surface area contributed by atoms with Gasteiger partial charge in [-0.2, -0.15) is 0 Å². The zero-order valence-electron chi connectivity index (χ0n) is 15.6. The van der Waals surface area contributed by atoms with Crippen LogP contribution in [0.2, 0.25) is 0 Å². The number of hydrogen-bond acceptors (Lipinski definition) is 4. The predicted octanol–water partition coefficient (Wildman–Crippen LogP) is 1.56. The Hall–Kier alpha value is -1.44. The zero-order chi connectivity index (χ0) is 18.4. The number of nitrogens with zero attached hydrogens (tertiary/aromatic N) is 1. The molecule has 1 unspecified atom stereocenters. The molecule has 1 amide bonds. The Morgan fingerprint density at radius 3 is 2.44 bits per heavy atom. The van der Waals surface area contributed by atoms with Crippen molar-refractivity contribution >= 4 is 18.5 Å². The van der Waals surface area contributed by atoms with Gasteiger partial charge in [-0.05, 0) is 64.8 Å². The number of hydrogen-bond donors (Lipinski definition) is 1. The van der Waals surface area contributed by atoms with E-state index < -0.39 is 24.1 Å². The van der Waals surface area contributed by atoms with Crippen LogP contribution >= 0.6 is 0 Å². The summed E-state index contributed by atoms with van der Waals surface area (Å²) in [6.07, 6.45) is 0.904. The van der Waals surface area contributed by atoms with Gasteiger partial charge in [0.05, 0.1) is 11.2 Å². The molecule has 2 saturated heterocycles. The van der Waals surface area contributed by atoms with Gasteiger partial charge in [0.25, 0.3) is 5.91 Å². The van der Waals surface area contributed by atoms with Crippen molar-refractivity contribution in [1.29, 1.82) is 0 Å². The lowest BCUT2D eigenvalue weighted by Gasteiger charge is -2.32. The Bertz CT molecular complexity index is 664. The molecule has 136 valence electrons. The van der Waals surface area contributed by atoms with E-state index in [1.165, 1.54) is 12.1 Å². The van der Waals surface area contributed by atoms with Crippen molar-refractivity contribution in [2.24, 2.45) is 0 Å². The van der Waals surface area contributed by atoms with Crippen LogP contribution in [0.15, 0.2) is 18.2 Å².